The first-order valence-electron chi connectivity index (χ1n) is 4.65. The summed E-state index contributed by atoms with van der Waals surface area (Å²) in [5, 5.41) is 9.28. The zero-order valence-electron chi connectivity index (χ0n) is 8.07. The van der Waals surface area contributed by atoms with Gasteiger partial charge in [0.25, 0.3) is 0 Å². The van der Waals surface area contributed by atoms with Crippen LogP contribution < -0.4 is 0 Å². The van der Waals surface area contributed by atoms with E-state index in [0.717, 1.165) is 5.56 Å². The molecule has 0 bridgehead atoms. The van der Waals surface area contributed by atoms with Crippen molar-refractivity contribution in [1.82, 2.24) is 0 Å². The molecule has 0 saturated carbocycles. The van der Waals surface area contributed by atoms with Gasteiger partial charge in [-0.05, 0) is 12.1 Å². The Labute approximate surface area is 96.7 Å². The van der Waals surface area contributed by atoms with E-state index in [1.807, 2.05) is 12.1 Å². The monoisotopic (exact) mass is 267 g/mol. The molecule has 3 nitrogen and oxygen atoms in total. The van der Waals surface area contributed by atoms with Crippen LogP contribution in [0.5, 0.6) is 0 Å². The van der Waals surface area contributed by atoms with Gasteiger partial charge in [-0.2, -0.15) is 5.26 Å². The number of ether oxygens (including phenoxy) is 2. The standard InChI is InChI=1S/C11H10BrNO2/c12-8-11(14-5-6-15-11)10-3-1-9(7-13)2-4-10/h1-4H,5-6,8H2. The molecule has 0 aromatic heterocycles. The van der Waals surface area contributed by atoms with E-state index in [9.17, 15) is 0 Å². The molecule has 0 atom stereocenters. The Bertz CT molecular complexity index is 377. The molecule has 1 aliphatic rings. The van der Waals surface area contributed by atoms with Crippen LogP contribution in [0.1, 0.15) is 11.1 Å². The molecule has 0 amide bonds. The fourth-order valence-electron chi connectivity index (χ4n) is 1.57. The Morgan fingerprint density at radius 2 is 1.87 bits per heavy atom. The predicted molar refractivity (Wildman–Crippen MR) is 58.5 cm³/mol. The van der Waals surface area contributed by atoms with Crippen LogP contribution >= 0.6 is 15.9 Å². The highest BCUT2D eigenvalue weighted by molar-refractivity contribution is 9.09. The van der Waals surface area contributed by atoms with Gasteiger partial charge in [-0.1, -0.05) is 28.1 Å². The molecule has 0 radical (unpaired) electrons. The third-order valence-electron chi connectivity index (χ3n) is 2.38. The van der Waals surface area contributed by atoms with Crippen molar-refractivity contribution in [1.29, 1.82) is 5.26 Å². The number of halogens is 1. The second-order valence-corrected chi connectivity index (χ2v) is 3.83. The maximum Gasteiger partial charge on any atom is 0.204 e. The number of nitriles is 1. The topological polar surface area (TPSA) is 42.2 Å². The maximum atomic E-state index is 8.69. The zero-order valence-corrected chi connectivity index (χ0v) is 9.66. The molecular weight excluding hydrogens is 258 g/mol. The lowest BCUT2D eigenvalue weighted by atomic mass is 10.1. The van der Waals surface area contributed by atoms with Crippen molar-refractivity contribution in [2.75, 3.05) is 18.5 Å². The summed E-state index contributed by atoms with van der Waals surface area (Å²) in [6.07, 6.45) is 0. The molecular formula is C11H10BrNO2. The minimum atomic E-state index is -0.673. The SMILES string of the molecule is N#Cc1ccc(C2(CBr)OCCO2)cc1. The van der Waals surface area contributed by atoms with Crippen LogP contribution in [0.4, 0.5) is 0 Å². The number of hydrogen-bond acceptors (Lipinski definition) is 3. The van der Waals surface area contributed by atoms with Gasteiger partial charge in [0, 0.05) is 5.56 Å². The Balaban J connectivity index is 2.31. The number of benzene rings is 1. The Morgan fingerprint density at radius 3 is 2.33 bits per heavy atom. The maximum absolute atomic E-state index is 8.69. The zero-order chi connectivity index (χ0) is 10.7. The minimum absolute atomic E-state index is 0.589. The van der Waals surface area contributed by atoms with E-state index in [-0.39, 0.29) is 0 Å². The highest BCUT2D eigenvalue weighted by Gasteiger charge is 2.37. The second kappa shape index (κ2) is 4.31. The van der Waals surface area contributed by atoms with Gasteiger partial charge in [-0.25, -0.2) is 0 Å². The molecule has 15 heavy (non-hydrogen) atoms. The number of nitrogens with zero attached hydrogens (tertiary/aromatic N) is 1. The molecule has 0 aliphatic carbocycles. The fraction of sp³-hybridized carbons (Fsp3) is 0.364. The fourth-order valence-corrected chi connectivity index (χ4v) is 2.22. The van der Waals surface area contributed by atoms with E-state index < -0.39 is 5.79 Å². The summed E-state index contributed by atoms with van der Waals surface area (Å²) in [5.41, 5.74) is 1.58. The summed E-state index contributed by atoms with van der Waals surface area (Å²) >= 11 is 3.39. The van der Waals surface area contributed by atoms with E-state index in [1.165, 1.54) is 0 Å². The number of alkyl halides is 1. The first-order chi connectivity index (χ1) is 7.30. The van der Waals surface area contributed by atoms with Gasteiger partial charge in [0.05, 0.1) is 30.2 Å². The molecule has 78 valence electrons. The van der Waals surface area contributed by atoms with Crippen molar-refractivity contribution >= 4 is 15.9 Å². The third-order valence-corrected chi connectivity index (χ3v) is 3.12. The normalized spacial score (nSPS) is 18.7. The molecule has 4 heteroatoms. The van der Waals surface area contributed by atoms with Crippen LogP contribution in [-0.4, -0.2) is 18.5 Å². The molecule has 2 rings (SSSR count). The summed E-state index contributed by atoms with van der Waals surface area (Å²) in [5.74, 6) is -0.673. The van der Waals surface area contributed by atoms with Gasteiger partial charge in [0.15, 0.2) is 0 Å². The highest BCUT2D eigenvalue weighted by atomic mass is 79.9. The van der Waals surface area contributed by atoms with E-state index in [1.54, 1.807) is 12.1 Å². The van der Waals surface area contributed by atoms with E-state index >= 15 is 0 Å². The average Bonchev–Trinajstić information content (AvgIpc) is 2.79. The lowest BCUT2D eigenvalue weighted by Crippen LogP contribution is -2.28. The van der Waals surface area contributed by atoms with Crippen LogP contribution in [0.2, 0.25) is 0 Å². The largest absolute Gasteiger partial charge is 0.343 e. The lowest BCUT2D eigenvalue weighted by Gasteiger charge is -2.25. The van der Waals surface area contributed by atoms with Crippen molar-refractivity contribution < 1.29 is 9.47 Å². The smallest absolute Gasteiger partial charge is 0.204 e. The molecule has 1 aromatic carbocycles. The Hall–Kier alpha value is -0.890. The number of rotatable bonds is 2. The molecule has 1 heterocycles. The van der Waals surface area contributed by atoms with Crippen molar-refractivity contribution in [3.05, 3.63) is 35.4 Å². The van der Waals surface area contributed by atoms with E-state index in [2.05, 4.69) is 22.0 Å². The van der Waals surface area contributed by atoms with Crippen LogP contribution in [0.15, 0.2) is 24.3 Å². The molecule has 0 spiro atoms. The van der Waals surface area contributed by atoms with Gasteiger partial charge >= 0.3 is 0 Å². The second-order valence-electron chi connectivity index (χ2n) is 3.27. The van der Waals surface area contributed by atoms with Crippen molar-refractivity contribution in [3.8, 4) is 6.07 Å². The first kappa shape index (κ1) is 10.6. The van der Waals surface area contributed by atoms with Crippen LogP contribution in [0.3, 0.4) is 0 Å². The third kappa shape index (κ3) is 1.91. The van der Waals surface area contributed by atoms with E-state index in [4.69, 9.17) is 14.7 Å². The first-order valence-corrected chi connectivity index (χ1v) is 5.77. The van der Waals surface area contributed by atoms with Gasteiger partial charge < -0.3 is 9.47 Å². The molecule has 1 aromatic rings. The van der Waals surface area contributed by atoms with Crippen molar-refractivity contribution in [3.63, 3.8) is 0 Å². The molecule has 0 unspecified atom stereocenters. The molecule has 1 fully saturated rings. The lowest BCUT2D eigenvalue weighted by molar-refractivity contribution is -0.144. The molecule has 1 saturated heterocycles. The summed E-state index contributed by atoms with van der Waals surface area (Å²) in [6.45, 7) is 1.21. The van der Waals surface area contributed by atoms with Crippen LogP contribution in [0.25, 0.3) is 0 Å². The van der Waals surface area contributed by atoms with Gasteiger partial charge in [-0.3, -0.25) is 0 Å². The van der Waals surface area contributed by atoms with Gasteiger partial charge in [0.1, 0.15) is 0 Å². The summed E-state index contributed by atoms with van der Waals surface area (Å²) in [4.78, 5) is 0. The van der Waals surface area contributed by atoms with Crippen LogP contribution in [0, 0.1) is 11.3 Å². The average molecular weight is 268 g/mol. The van der Waals surface area contributed by atoms with Crippen molar-refractivity contribution in [2.45, 2.75) is 5.79 Å². The van der Waals surface area contributed by atoms with E-state index in [0.29, 0.717) is 24.1 Å². The summed E-state index contributed by atoms with van der Waals surface area (Å²) in [7, 11) is 0. The van der Waals surface area contributed by atoms with Gasteiger partial charge in [0.2, 0.25) is 5.79 Å². The summed E-state index contributed by atoms with van der Waals surface area (Å²) < 4.78 is 11.2. The quantitative estimate of drug-likeness (QED) is 0.772. The molecule has 0 N–H and O–H groups in total. The minimum Gasteiger partial charge on any atom is -0.343 e. The highest BCUT2D eigenvalue weighted by Crippen LogP contribution is 2.33. The van der Waals surface area contributed by atoms with Crippen LogP contribution in [-0.2, 0) is 15.3 Å². The predicted octanol–water partition coefficient (Wildman–Crippen LogP) is 2.15. The van der Waals surface area contributed by atoms with Crippen molar-refractivity contribution in [2.24, 2.45) is 0 Å². The Morgan fingerprint density at radius 1 is 1.27 bits per heavy atom. The Kier molecular flexibility index (Phi) is 3.06. The molecule has 1 aliphatic heterocycles. The van der Waals surface area contributed by atoms with Gasteiger partial charge in [-0.15, -0.1) is 0 Å². The summed E-state index contributed by atoms with van der Waals surface area (Å²) in [6, 6.07) is 9.35. The number of hydrogen-bond donors (Lipinski definition) is 0.